The summed E-state index contributed by atoms with van der Waals surface area (Å²) in [5.74, 6) is -0.978. The van der Waals surface area contributed by atoms with Crippen LogP contribution in [0.1, 0.15) is 64.4 Å². The van der Waals surface area contributed by atoms with Crippen molar-refractivity contribution < 1.29 is 28.9 Å². The summed E-state index contributed by atoms with van der Waals surface area (Å²) in [4.78, 5) is 57.2. The van der Waals surface area contributed by atoms with E-state index < -0.39 is 22.7 Å². The first kappa shape index (κ1) is 27.1. The van der Waals surface area contributed by atoms with Crippen molar-refractivity contribution in [3.63, 3.8) is 0 Å². The van der Waals surface area contributed by atoms with Crippen LogP contribution in [0.2, 0.25) is 0 Å². The molecular formula is C24H28N6O7S. The molecule has 38 heavy (non-hydrogen) atoms. The molecule has 14 heteroatoms. The van der Waals surface area contributed by atoms with Crippen molar-refractivity contribution in [2.75, 3.05) is 18.6 Å². The molecule has 3 heterocycles. The monoisotopic (exact) mass is 544 g/mol. The van der Waals surface area contributed by atoms with Gasteiger partial charge in [-0.25, -0.2) is 9.78 Å². The number of nitro groups is 1. The van der Waals surface area contributed by atoms with Gasteiger partial charge in [0.1, 0.15) is 17.6 Å². The lowest BCUT2D eigenvalue weighted by Gasteiger charge is -2.47. The van der Waals surface area contributed by atoms with Crippen molar-refractivity contribution in [3.05, 3.63) is 34.0 Å². The summed E-state index contributed by atoms with van der Waals surface area (Å²) in [6, 6.07) is 3.77. The zero-order chi connectivity index (χ0) is 27.6. The number of methoxy groups -OCH3 is 1. The predicted octanol–water partition coefficient (Wildman–Crippen LogP) is 4.95. The van der Waals surface area contributed by atoms with Gasteiger partial charge in [-0.3, -0.25) is 19.7 Å². The molecule has 2 aliphatic rings. The number of hydrogen-bond donors (Lipinski definition) is 0. The number of azo groups is 1. The maximum absolute atomic E-state index is 12.3. The Labute approximate surface area is 222 Å². The smallest absolute Gasteiger partial charge is 0.345 e. The molecule has 1 aromatic heterocycles. The van der Waals surface area contributed by atoms with Crippen LogP contribution in [-0.2, 0) is 19.2 Å². The quantitative estimate of drug-likeness (QED) is 0.184. The minimum Gasteiger partial charge on any atom is -0.494 e. The molecule has 0 saturated carbocycles. The minimum absolute atomic E-state index is 0.0396. The van der Waals surface area contributed by atoms with Gasteiger partial charge in [-0.1, -0.05) is 6.92 Å². The van der Waals surface area contributed by atoms with Gasteiger partial charge in [-0.2, -0.15) is 0 Å². The number of thiazole rings is 1. The summed E-state index contributed by atoms with van der Waals surface area (Å²) in [6.07, 6.45) is 2.56. The molecule has 0 spiro atoms. The average Bonchev–Trinajstić information content (AvgIpc) is 3.46. The molecule has 1 fully saturated rings. The lowest BCUT2D eigenvalue weighted by Crippen LogP contribution is -2.49. The summed E-state index contributed by atoms with van der Waals surface area (Å²) >= 11 is 0.827. The third-order valence-electron chi connectivity index (χ3n) is 6.55. The van der Waals surface area contributed by atoms with Crippen molar-refractivity contribution in [3.8, 4) is 5.75 Å². The number of carbonyl (C=O) groups excluding carboxylic acids is 3. The zero-order valence-electron chi connectivity index (χ0n) is 21.5. The number of amides is 2. The zero-order valence-corrected chi connectivity index (χ0v) is 22.3. The van der Waals surface area contributed by atoms with E-state index in [1.54, 1.807) is 0 Å². The van der Waals surface area contributed by atoms with Gasteiger partial charge >= 0.3 is 11.0 Å². The van der Waals surface area contributed by atoms with Crippen LogP contribution >= 0.6 is 11.3 Å². The van der Waals surface area contributed by atoms with E-state index in [0.29, 0.717) is 29.5 Å². The first-order valence-electron chi connectivity index (χ1n) is 12.1. The second kappa shape index (κ2) is 10.8. The van der Waals surface area contributed by atoms with E-state index in [1.165, 1.54) is 7.11 Å². The number of hydrogen-bond acceptors (Lipinski definition) is 12. The standard InChI is InChI=1S/C24H28N6O7S/c1-14-12-24(2,3)28(9-5-6-22(33)37-29-19(31)7-8-20(29)32)17-11-18(36-4)16(10-15(14)17)26-27-23-25-13-21(38-23)30(34)35/h10-11,13-14H,5-9,12H2,1-4H3/b27-26+. The Morgan fingerprint density at radius 3 is 2.61 bits per heavy atom. The second-order valence-electron chi connectivity index (χ2n) is 9.74. The molecule has 13 nitrogen and oxygen atoms in total. The highest BCUT2D eigenvalue weighted by atomic mass is 32.1. The van der Waals surface area contributed by atoms with Gasteiger partial charge in [-0.05, 0) is 55.6 Å². The fourth-order valence-electron chi connectivity index (χ4n) is 4.83. The van der Waals surface area contributed by atoms with Crippen molar-refractivity contribution >= 4 is 50.6 Å². The molecule has 202 valence electrons. The number of benzene rings is 1. The first-order valence-corrected chi connectivity index (χ1v) is 12.9. The van der Waals surface area contributed by atoms with E-state index in [-0.39, 0.29) is 40.9 Å². The highest BCUT2D eigenvalue weighted by molar-refractivity contribution is 7.18. The number of hydroxylamine groups is 2. The van der Waals surface area contributed by atoms with E-state index in [1.807, 2.05) is 12.1 Å². The minimum atomic E-state index is -0.632. The number of ether oxygens (including phenoxy) is 1. The maximum atomic E-state index is 12.3. The fraction of sp³-hybridized carbons (Fsp3) is 0.500. The molecule has 2 aromatic rings. The van der Waals surface area contributed by atoms with Gasteiger partial charge in [-0.15, -0.1) is 15.3 Å². The van der Waals surface area contributed by atoms with Gasteiger partial charge in [0.05, 0.1) is 12.0 Å². The lowest BCUT2D eigenvalue weighted by atomic mass is 9.79. The van der Waals surface area contributed by atoms with Crippen molar-refractivity contribution in [2.24, 2.45) is 10.2 Å². The maximum Gasteiger partial charge on any atom is 0.345 e. The summed E-state index contributed by atoms with van der Waals surface area (Å²) < 4.78 is 5.58. The van der Waals surface area contributed by atoms with Crippen LogP contribution in [0, 0.1) is 10.1 Å². The molecule has 2 aliphatic heterocycles. The number of imide groups is 1. The molecule has 1 saturated heterocycles. The van der Waals surface area contributed by atoms with Crippen LogP contribution in [0.15, 0.2) is 28.6 Å². The van der Waals surface area contributed by atoms with E-state index in [4.69, 9.17) is 9.57 Å². The highest BCUT2D eigenvalue weighted by Crippen LogP contribution is 2.48. The van der Waals surface area contributed by atoms with E-state index >= 15 is 0 Å². The summed E-state index contributed by atoms with van der Waals surface area (Å²) in [7, 11) is 1.52. The third-order valence-corrected chi connectivity index (χ3v) is 7.39. The van der Waals surface area contributed by atoms with Crippen LogP contribution < -0.4 is 9.64 Å². The fourth-order valence-corrected chi connectivity index (χ4v) is 5.39. The number of carbonyl (C=O) groups is 3. The molecule has 0 radical (unpaired) electrons. The summed E-state index contributed by atoms with van der Waals surface area (Å²) in [5, 5.41) is 19.8. The number of rotatable bonds is 9. The molecular weight excluding hydrogens is 516 g/mol. The average molecular weight is 545 g/mol. The molecule has 0 bridgehead atoms. The molecule has 1 atom stereocenters. The molecule has 2 amide bonds. The Morgan fingerprint density at radius 1 is 1.26 bits per heavy atom. The largest absolute Gasteiger partial charge is 0.494 e. The van der Waals surface area contributed by atoms with Crippen LogP contribution in [0.25, 0.3) is 0 Å². The molecule has 1 unspecified atom stereocenters. The number of aromatic nitrogens is 1. The topological polar surface area (TPSA) is 157 Å². The van der Waals surface area contributed by atoms with Crippen LogP contribution in [0.5, 0.6) is 5.75 Å². The molecule has 1 aromatic carbocycles. The number of fused-ring (bicyclic) bond motifs is 1. The van der Waals surface area contributed by atoms with E-state index in [9.17, 15) is 24.5 Å². The normalized spacial score (nSPS) is 18.7. The first-order chi connectivity index (χ1) is 18.0. The van der Waals surface area contributed by atoms with Crippen molar-refractivity contribution in [2.45, 2.75) is 64.3 Å². The Morgan fingerprint density at radius 2 is 1.97 bits per heavy atom. The van der Waals surface area contributed by atoms with Gasteiger partial charge in [0.25, 0.3) is 11.8 Å². The van der Waals surface area contributed by atoms with Gasteiger partial charge in [0, 0.05) is 43.1 Å². The Balaban J connectivity index is 1.52. The Hall–Kier alpha value is -3.94. The predicted molar refractivity (Wildman–Crippen MR) is 137 cm³/mol. The van der Waals surface area contributed by atoms with E-state index in [0.717, 1.165) is 35.2 Å². The second-order valence-corrected chi connectivity index (χ2v) is 10.7. The summed E-state index contributed by atoms with van der Waals surface area (Å²) in [6.45, 7) is 6.90. The SMILES string of the molecule is COc1cc2c(cc1/N=N/c1ncc([N+](=O)[O-])s1)C(C)CC(C)(C)N2CCCC(=O)ON1C(=O)CCC1=O. The van der Waals surface area contributed by atoms with Crippen LogP contribution in [0.4, 0.5) is 21.5 Å². The van der Waals surface area contributed by atoms with Crippen LogP contribution in [0.3, 0.4) is 0 Å². The Kier molecular flexibility index (Phi) is 7.71. The van der Waals surface area contributed by atoms with Crippen molar-refractivity contribution in [1.82, 2.24) is 10.0 Å². The number of anilines is 1. The van der Waals surface area contributed by atoms with Gasteiger partial charge in [0.15, 0.2) is 0 Å². The van der Waals surface area contributed by atoms with Gasteiger partial charge in [0.2, 0.25) is 5.13 Å². The van der Waals surface area contributed by atoms with E-state index in [2.05, 4.69) is 40.9 Å². The Bertz CT molecular complexity index is 1290. The highest BCUT2D eigenvalue weighted by Gasteiger charge is 2.37. The molecule has 4 rings (SSSR count). The lowest BCUT2D eigenvalue weighted by molar-refractivity contribution is -0.380. The third kappa shape index (κ3) is 5.64. The molecule has 0 N–H and O–H groups in total. The number of nitrogens with zero attached hydrogens (tertiary/aromatic N) is 6. The molecule has 0 aliphatic carbocycles. The van der Waals surface area contributed by atoms with Crippen molar-refractivity contribution in [1.29, 1.82) is 0 Å². The van der Waals surface area contributed by atoms with Gasteiger partial charge < -0.3 is 14.5 Å². The van der Waals surface area contributed by atoms with Crippen LogP contribution in [-0.4, -0.2) is 51.9 Å². The summed E-state index contributed by atoms with van der Waals surface area (Å²) in [5.41, 5.74) is 2.21.